The molecule has 1 heterocycles. The van der Waals surface area contributed by atoms with E-state index in [2.05, 4.69) is 0 Å². The van der Waals surface area contributed by atoms with E-state index in [0.717, 1.165) is 12.7 Å². The number of carbonyl (C=O) groups is 2. The van der Waals surface area contributed by atoms with Gasteiger partial charge in [-0.25, -0.2) is 0 Å². The molecule has 1 fully saturated rings. The van der Waals surface area contributed by atoms with Crippen LogP contribution in [0.5, 0.6) is 0 Å². The van der Waals surface area contributed by atoms with Crippen molar-refractivity contribution in [1.82, 2.24) is 4.90 Å². The minimum atomic E-state index is -1.02. The van der Waals surface area contributed by atoms with Crippen molar-refractivity contribution in [2.45, 2.75) is 39.3 Å². The van der Waals surface area contributed by atoms with Crippen LogP contribution in [0.3, 0.4) is 0 Å². The molecule has 0 aromatic rings. The molecule has 1 aliphatic rings. The fourth-order valence-corrected chi connectivity index (χ4v) is 2.43. The average Bonchev–Trinajstić information content (AvgIpc) is 2.52. The highest BCUT2D eigenvalue weighted by Crippen LogP contribution is 2.31. The van der Waals surface area contributed by atoms with E-state index in [-0.39, 0.29) is 17.9 Å². The third kappa shape index (κ3) is 2.20. The average molecular weight is 213 g/mol. The molecule has 0 spiro atoms. The summed E-state index contributed by atoms with van der Waals surface area (Å²) < 4.78 is 0. The topological polar surface area (TPSA) is 57.6 Å². The first kappa shape index (κ1) is 12.2. The molecule has 4 nitrogen and oxygen atoms in total. The number of rotatable bonds is 3. The van der Waals surface area contributed by atoms with Crippen LogP contribution in [0.4, 0.5) is 0 Å². The van der Waals surface area contributed by atoms with E-state index < -0.39 is 6.10 Å². The number of nitrogens with zero attached hydrogens (tertiary/aromatic N) is 1. The monoisotopic (exact) mass is 213 g/mol. The quantitative estimate of drug-likeness (QED) is 0.692. The first-order chi connectivity index (χ1) is 7.02. The molecule has 1 amide bonds. The number of carbonyl (C=O) groups excluding carboxylic acids is 2. The molecule has 1 aliphatic heterocycles. The van der Waals surface area contributed by atoms with Gasteiger partial charge in [0.25, 0.3) is 5.91 Å². The molecule has 15 heavy (non-hydrogen) atoms. The van der Waals surface area contributed by atoms with E-state index in [0.29, 0.717) is 12.5 Å². The van der Waals surface area contributed by atoms with Crippen molar-refractivity contribution in [1.29, 1.82) is 0 Å². The fourth-order valence-electron chi connectivity index (χ4n) is 2.43. The van der Waals surface area contributed by atoms with Gasteiger partial charge in [-0.1, -0.05) is 20.3 Å². The second-order valence-corrected chi connectivity index (χ2v) is 4.34. The molecule has 0 saturated carbocycles. The van der Waals surface area contributed by atoms with E-state index in [9.17, 15) is 14.7 Å². The van der Waals surface area contributed by atoms with Gasteiger partial charge in [0, 0.05) is 6.54 Å². The van der Waals surface area contributed by atoms with Crippen LogP contribution in [-0.4, -0.2) is 40.9 Å². The minimum Gasteiger partial charge on any atom is -0.384 e. The predicted molar refractivity (Wildman–Crippen MR) is 56.2 cm³/mol. The maximum Gasteiger partial charge on any atom is 0.251 e. The predicted octanol–water partition coefficient (Wildman–Crippen LogP) is 0.439. The first-order valence-electron chi connectivity index (χ1n) is 5.46. The van der Waals surface area contributed by atoms with Gasteiger partial charge >= 0.3 is 0 Å². The van der Waals surface area contributed by atoms with Gasteiger partial charge in [0.15, 0.2) is 0 Å². The third-order valence-corrected chi connectivity index (χ3v) is 3.27. The SMILES string of the molecule is CC[C@H]1[C@@H](C=O)N(C(=O)[C@H](C)O)C[C@@H]1C. The highest BCUT2D eigenvalue weighted by atomic mass is 16.3. The van der Waals surface area contributed by atoms with Crippen LogP contribution in [0.2, 0.25) is 0 Å². The molecule has 86 valence electrons. The smallest absolute Gasteiger partial charge is 0.251 e. The summed E-state index contributed by atoms with van der Waals surface area (Å²) in [4.78, 5) is 24.1. The summed E-state index contributed by atoms with van der Waals surface area (Å²) >= 11 is 0. The molecule has 1 rings (SSSR count). The summed E-state index contributed by atoms with van der Waals surface area (Å²) in [5, 5.41) is 9.23. The molecule has 0 radical (unpaired) electrons. The number of hydrogen-bond donors (Lipinski definition) is 1. The van der Waals surface area contributed by atoms with Gasteiger partial charge in [0.2, 0.25) is 0 Å². The zero-order valence-corrected chi connectivity index (χ0v) is 9.51. The maximum absolute atomic E-state index is 11.6. The van der Waals surface area contributed by atoms with Crippen molar-refractivity contribution < 1.29 is 14.7 Å². The normalized spacial score (nSPS) is 32.8. The third-order valence-electron chi connectivity index (χ3n) is 3.27. The minimum absolute atomic E-state index is 0.227. The summed E-state index contributed by atoms with van der Waals surface area (Å²) in [6.45, 7) is 6.08. The largest absolute Gasteiger partial charge is 0.384 e. The Morgan fingerprint density at radius 2 is 2.27 bits per heavy atom. The maximum atomic E-state index is 11.6. The fraction of sp³-hybridized carbons (Fsp3) is 0.818. The molecule has 0 bridgehead atoms. The molecular weight excluding hydrogens is 194 g/mol. The first-order valence-corrected chi connectivity index (χ1v) is 5.46. The summed E-state index contributed by atoms with van der Waals surface area (Å²) in [5.74, 6) is 0.216. The van der Waals surface area contributed by atoms with Crippen LogP contribution < -0.4 is 0 Å². The molecule has 0 aromatic heterocycles. The van der Waals surface area contributed by atoms with Crippen LogP contribution in [0.15, 0.2) is 0 Å². The lowest BCUT2D eigenvalue weighted by Gasteiger charge is -2.24. The van der Waals surface area contributed by atoms with E-state index >= 15 is 0 Å². The second-order valence-electron chi connectivity index (χ2n) is 4.34. The Bertz CT molecular complexity index is 252. The number of aliphatic hydroxyl groups excluding tert-OH is 1. The zero-order chi connectivity index (χ0) is 11.6. The van der Waals surface area contributed by atoms with Gasteiger partial charge in [-0.2, -0.15) is 0 Å². The number of aldehydes is 1. The number of hydrogen-bond acceptors (Lipinski definition) is 3. The van der Waals surface area contributed by atoms with Gasteiger partial charge in [-0.15, -0.1) is 0 Å². The van der Waals surface area contributed by atoms with Crippen molar-refractivity contribution >= 4 is 12.2 Å². The highest BCUT2D eigenvalue weighted by molar-refractivity contribution is 5.83. The number of aliphatic hydroxyl groups is 1. The summed E-state index contributed by atoms with van der Waals surface area (Å²) in [7, 11) is 0. The Labute approximate surface area is 90.3 Å². The van der Waals surface area contributed by atoms with E-state index in [1.165, 1.54) is 11.8 Å². The van der Waals surface area contributed by atoms with Crippen molar-refractivity contribution in [2.75, 3.05) is 6.54 Å². The Kier molecular flexibility index (Phi) is 3.85. The van der Waals surface area contributed by atoms with Crippen LogP contribution in [0, 0.1) is 11.8 Å². The van der Waals surface area contributed by atoms with Gasteiger partial charge in [0.05, 0.1) is 6.04 Å². The lowest BCUT2D eigenvalue weighted by atomic mass is 9.90. The molecule has 4 heteroatoms. The Balaban J connectivity index is 2.83. The van der Waals surface area contributed by atoms with Crippen molar-refractivity contribution in [3.63, 3.8) is 0 Å². The molecule has 4 atom stereocenters. The molecule has 0 unspecified atom stereocenters. The lowest BCUT2D eigenvalue weighted by molar-refractivity contribution is -0.142. The van der Waals surface area contributed by atoms with E-state index in [1.807, 2.05) is 13.8 Å². The van der Waals surface area contributed by atoms with Crippen LogP contribution in [-0.2, 0) is 9.59 Å². The van der Waals surface area contributed by atoms with Crippen LogP contribution in [0.25, 0.3) is 0 Å². The van der Waals surface area contributed by atoms with Crippen LogP contribution in [0.1, 0.15) is 27.2 Å². The molecule has 1 saturated heterocycles. The van der Waals surface area contributed by atoms with Gasteiger partial charge in [0.1, 0.15) is 12.4 Å². The Hall–Kier alpha value is -0.900. The van der Waals surface area contributed by atoms with Crippen molar-refractivity contribution in [3.05, 3.63) is 0 Å². The molecular formula is C11H19NO3. The summed E-state index contributed by atoms with van der Waals surface area (Å²) in [6.07, 6.45) is 0.696. The zero-order valence-electron chi connectivity index (χ0n) is 9.51. The number of likely N-dealkylation sites (tertiary alicyclic amines) is 1. The van der Waals surface area contributed by atoms with Gasteiger partial charge in [-0.05, 0) is 18.8 Å². The summed E-state index contributed by atoms with van der Waals surface area (Å²) in [6, 6.07) is -0.355. The van der Waals surface area contributed by atoms with E-state index in [1.54, 1.807) is 0 Å². The standard InChI is InChI=1S/C11H19NO3/c1-4-9-7(2)5-12(10(9)6-13)11(15)8(3)14/h6-10,14H,4-5H2,1-3H3/t7-,8-,9+,10+/m0/s1. The second kappa shape index (κ2) is 4.75. The van der Waals surface area contributed by atoms with Crippen molar-refractivity contribution in [3.8, 4) is 0 Å². The molecule has 0 aromatic carbocycles. The van der Waals surface area contributed by atoms with Gasteiger partial charge in [-0.3, -0.25) is 4.79 Å². The Morgan fingerprint density at radius 3 is 2.67 bits per heavy atom. The summed E-state index contributed by atoms with van der Waals surface area (Å²) in [5.41, 5.74) is 0. The molecule has 0 aliphatic carbocycles. The van der Waals surface area contributed by atoms with E-state index in [4.69, 9.17) is 0 Å². The van der Waals surface area contributed by atoms with Crippen molar-refractivity contribution in [2.24, 2.45) is 11.8 Å². The molecule has 1 N–H and O–H groups in total. The van der Waals surface area contributed by atoms with Crippen LogP contribution >= 0.6 is 0 Å². The van der Waals surface area contributed by atoms with Gasteiger partial charge < -0.3 is 14.8 Å². The highest BCUT2D eigenvalue weighted by Gasteiger charge is 2.41. The number of amides is 1. The lowest BCUT2D eigenvalue weighted by Crippen LogP contribution is -2.43. The Morgan fingerprint density at radius 1 is 1.67 bits per heavy atom.